The number of hydrogen-bond acceptors (Lipinski definition) is 3. The van der Waals surface area contributed by atoms with Crippen molar-refractivity contribution in [3.63, 3.8) is 0 Å². The minimum Gasteiger partial charge on any atom is -0.354 e. The smallest absolute Gasteiger partial charge is 0.299 e. The molecule has 0 saturated carbocycles. The molecule has 0 aromatic rings. The molecule has 0 spiro atoms. The van der Waals surface area contributed by atoms with Crippen LogP contribution in [0, 0.1) is 0 Å². The first-order valence-electron chi connectivity index (χ1n) is 2.28. The fraction of sp³-hybridized carbons (Fsp3) is 0.250. The lowest BCUT2D eigenvalue weighted by Gasteiger charge is -1.97. The quantitative estimate of drug-likeness (QED) is 0.411. The number of likely N-dealkylation sites (N-methyl/N-ethyl adjacent to an activating group) is 1. The average molecular weight is 165 g/mol. The minimum atomic E-state index is -4.42. The molecule has 1 amide bonds. The fourth-order valence-corrected chi connectivity index (χ4v) is 0.593. The zero-order valence-corrected chi connectivity index (χ0v) is 6.10. The molecule has 0 radical (unpaired) electrons. The van der Waals surface area contributed by atoms with Gasteiger partial charge in [-0.15, -0.1) is 0 Å². The minimum absolute atomic E-state index is 0.852. The molecular weight excluding hydrogens is 158 g/mol. The maximum Gasteiger partial charge on any atom is 0.299 e. The summed E-state index contributed by atoms with van der Waals surface area (Å²) in [6.45, 7) is 2.85. The van der Waals surface area contributed by atoms with Crippen LogP contribution < -0.4 is 5.32 Å². The van der Waals surface area contributed by atoms with E-state index in [0.29, 0.717) is 0 Å². The summed E-state index contributed by atoms with van der Waals surface area (Å²) in [5.74, 6) is -0.914. The van der Waals surface area contributed by atoms with Crippen molar-refractivity contribution < 1.29 is 17.8 Å². The first kappa shape index (κ1) is 9.12. The Labute approximate surface area is 58.5 Å². The molecule has 0 aliphatic heterocycles. The Morgan fingerprint density at radius 3 is 2.10 bits per heavy atom. The molecule has 5 nitrogen and oxygen atoms in total. The van der Waals surface area contributed by atoms with Crippen LogP contribution in [-0.2, 0) is 14.9 Å². The monoisotopic (exact) mass is 165 g/mol. The Bertz CT molecular complexity index is 252. The molecule has 10 heavy (non-hydrogen) atoms. The molecule has 0 heterocycles. The molecule has 0 aromatic carbocycles. The number of hydrogen-bond donors (Lipinski definition) is 2. The highest BCUT2D eigenvalue weighted by molar-refractivity contribution is 7.90. The van der Waals surface area contributed by atoms with Crippen LogP contribution in [-0.4, -0.2) is 25.9 Å². The van der Waals surface area contributed by atoms with Gasteiger partial charge >= 0.3 is 0 Å². The highest BCUT2D eigenvalue weighted by atomic mass is 32.2. The standard InChI is InChI=1S/C4H7NO4S/c1-3(4(6)5-2)10(7,8)9/h1H2,2H3,(H,5,6)(H,7,8,9). The molecule has 0 rings (SSSR count). The van der Waals surface area contributed by atoms with Crippen molar-refractivity contribution in [2.45, 2.75) is 0 Å². The molecule has 0 bridgehead atoms. The molecule has 0 aliphatic rings. The molecule has 0 unspecified atom stereocenters. The fourth-order valence-electron chi connectivity index (χ4n) is 0.257. The van der Waals surface area contributed by atoms with Gasteiger partial charge in [-0.3, -0.25) is 9.35 Å². The second-order valence-electron chi connectivity index (χ2n) is 1.48. The number of nitrogens with one attached hydrogen (secondary N) is 1. The molecule has 0 fully saturated rings. The van der Waals surface area contributed by atoms with Crippen molar-refractivity contribution in [3.05, 3.63) is 11.5 Å². The summed E-state index contributed by atoms with van der Waals surface area (Å²) in [6, 6.07) is 0. The molecule has 58 valence electrons. The van der Waals surface area contributed by atoms with Crippen LogP contribution in [0.3, 0.4) is 0 Å². The Hall–Kier alpha value is -0.880. The maximum atomic E-state index is 10.4. The zero-order valence-electron chi connectivity index (χ0n) is 5.29. The maximum absolute atomic E-state index is 10.4. The van der Waals surface area contributed by atoms with Gasteiger partial charge in [0.25, 0.3) is 16.0 Å². The third-order valence-electron chi connectivity index (χ3n) is 0.792. The summed E-state index contributed by atoms with van der Waals surface area (Å²) < 4.78 is 28.5. The second-order valence-corrected chi connectivity index (χ2v) is 2.92. The summed E-state index contributed by atoms with van der Waals surface area (Å²) in [5.41, 5.74) is 0. The third kappa shape index (κ3) is 2.16. The van der Waals surface area contributed by atoms with Crippen LogP contribution in [0.15, 0.2) is 11.5 Å². The van der Waals surface area contributed by atoms with Crippen molar-refractivity contribution in [2.75, 3.05) is 7.05 Å². The molecular formula is C4H7NO4S. The number of carbonyl (C=O) groups is 1. The average Bonchev–Trinajstić information content (AvgIpc) is 1.83. The van der Waals surface area contributed by atoms with Crippen LogP contribution in [0.25, 0.3) is 0 Å². The molecule has 0 aromatic heterocycles. The van der Waals surface area contributed by atoms with E-state index >= 15 is 0 Å². The van der Waals surface area contributed by atoms with Gasteiger partial charge in [0.15, 0.2) is 4.91 Å². The predicted octanol–water partition coefficient (Wildman–Crippen LogP) is -0.866. The van der Waals surface area contributed by atoms with Crippen molar-refractivity contribution >= 4 is 16.0 Å². The van der Waals surface area contributed by atoms with Gasteiger partial charge < -0.3 is 5.32 Å². The first-order chi connectivity index (χ1) is 4.39. The summed E-state index contributed by atoms with van der Waals surface area (Å²) in [7, 11) is -3.19. The van der Waals surface area contributed by atoms with Gasteiger partial charge in [-0.05, 0) is 0 Å². The second kappa shape index (κ2) is 2.80. The Balaban J connectivity index is 4.57. The van der Waals surface area contributed by atoms with Crippen molar-refractivity contribution in [1.82, 2.24) is 5.32 Å². The van der Waals surface area contributed by atoms with E-state index in [1.54, 1.807) is 0 Å². The van der Waals surface area contributed by atoms with Crippen LogP contribution >= 0.6 is 0 Å². The Morgan fingerprint density at radius 2 is 2.00 bits per heavy atom. The van der Waals surface area contributed by atoms with E-state index in [9.17, 15) is 13.2 Å². The normalized spacial score (nSPS) is 10.6. The van der Waals surface area contributed by atoms with Gasteiger partial charge in [0.2, 0.25) is 0 Å². The van der Waals surface area contributed by atoms with E-state index in [-0.39, 0.29) is 0 Å². The molecule has 0 aliphatic carbocycles. The first-order valence-corrected chi connectivity index (χ1v) is 3.72. The van der Waals surface area contributed by atoms with Crippen LogP contribution in [0.4, 0.5) is 0 Å². The molecule has 2 N–H and O–H groups in total. The van der Waals surface area contributed by atoms with Crippen LogP contribution in [0.1, 0.15) is 0 Å². The lowest BCUT2D eigenvalue weighted by atomic mass is 10.6. The topological polar surface area (TPSA) is 83.5 Å². The lowest BCUT2D eigenvalue weighted by molar-refractivity contribution is -0.116. The van der Waals surface area contributed by atoms with Gasteiger partial charge in [-0.25, -0.2) is 0 Å². The van der Waals surface area contributed by atoms with E-state index in [2.05, 4.69) is 6.58 Å². The van der Waals surface area contributed by atoms with E-state index in [4.69, 9.17) is 4.55 Å². The molecule has 0 saturated heterocycles. The van der Waals surface area contributed by atoms with Crippen LogP contribution in [0.2, 0.25) is 0 Å². The molecule has 0 atom stereocenters. The van der Waals surface area contributed by atoms with Gasteiger partial charge in [-0.2, -0.15) is 8.42 Å². The predicted molar refractivity (Wildman–Crippen MR) is 34.8 cm³/mol. The largest absolute Gasteiger partial charge is 0.354 e. The van der Waals surface area contributed by atoms with Gasteiger partial charge in [0, 0.05) is 7.05 Å². The van der Waals surface area contributed by atoms with E-state index in [1.165, 1.54) is 7.05 Å². The Morgan fingerprint density at radius 1 is 1.60 bits per heavy atom. The third-order valence-corrected chi connectivity index (χ3v) is 1.60. The highest BCUT2D eigenvalue weighted by Gasteiger charge is 2.17. The number of rotatable bonds is 2. The summed E-state index contributed by atoms with van der Waals surface area (Å²) in [4.78, 5) is 9.56. The SMILES string of the molecule is C=C(C(=O)NC)S(=O)(=O)O. The van der Waals surface area contributed by atoms with Gasteiger partial charge in [-0.1, -0.05) is 6.58 Å². The summed E-state index contributed by atoms with van der Waals surface area (Å²) in [5, 5.41) is 1.99. The zero-order chi connectivity index (χ0) is 8.36. The van der Waals surface area contributed by atoms with E-state index in [0.717, 1.165) is 0 Å². The van der Waals surface area contributed by atoms with Crippen molar-refractivity contribution in [2.24, 2.45) is 0 Å². The van der Waals surface area contributed by atoms with E-state index < -0.39 is 20.9 Å². The Kier molecular flexibility index (Phi) is 2.56. The number of carbonyl (C=O) groups excluding carboxylic acids is 1. The van der Waals surface area contributed by atoms with E-state index in [1.807, 2.05) is 5.32 Å². The lowest BCUT2D eigenvalue weighted by Crippen LogP contribution is -2.23. The number of amides is 1. The van der Waals surface area contributed by atoms with Crippen LogP contribution in [0.5, 0.6) is 0 Å². The molecule has 6 heteroatoms. The summed E-state index contributed by atoms with van der Waals surface area (Å²) in [6.07, 6.45) is 0. The van der Waals surface area contributed by atoms with Crippen molar-refractivity contribution in [1.29, 1.82) is 0 Å². The van der Waals surface area contributed by atoms with Crippen molar-refractivity contribution in [3.8, 4) is 0 Å². The highest BCUT2D eigenvalue weighted by Crippen LogP contribution is 1.98. The van der Waals surface area contributed by atoms with Gasteiger partial charge in [0.1, 0.15) is 0 Å². The van der Waals surface area contributed by atoms with Gasteiger partial charge in [0.05, 0.1) is 0 Å². The summed E-state index contributed by atoms with van der Waals surface area (Å²) >= 11 is 0.